The van der Waals surface area contributed by atoms with Crippen LogP contribution in [0.1, 0.15) is 27.7 Å². The first-order chi connectivity index (χ1) is 8.68. The summed E-state index contributed by atoms with van der Waals surface area (Å²) in [5.74, 6) is 0.462. The highest BCUT2D eigenvalue weighted by Gasteiger charge is 2.51. The van der Waals surface area contributed by atoms with Gasteiger partial charge in [0.2, 0.25) is 0 Å². The Morgan fingerprint density at radius 1 is 1.00 bits per heavy atom. The Bertz CT molecular complexity index is 464. The average Bonchev–Trinajstić information content (AvgIpc) is 2.47. The zero-order valence-corrected chi connectivity index (χ0v) is 13.2. The standard InChI is InChI=1S/C13H17BCl2O3/c1-12(2)13(3,4)19-14(18-12)8-6-9(15)11(17-5)10(16)7-8/h6-7H,1-5H3. The lowest BCUT2D eigenvalue weighted by Crippen LogP contribution is -2.41. The first kappa shape index (κ1) is 15.0. The van der Waals surface area contributed by atoms with Gasteiger partial charge in [-0.2, -0.15) is 0 Å². The second-order valence-electron chi connectivity index (χ2n) is 5.61. The Balaban J connectivity index is 2.35. The molecule has 0 aliphatic carbocycles. The Kier molecular flexibility index (Phi) is 3.82. The van der Waals surface area contributed by atoms with Gasteiger partial charge in [-0.15, -0.1) is 0 Å². The monoisotopic (exact) mass is 302 g/mol. The Labute approximate surface area is 124 Å². The summed E-state index contributed by atoms with van der Waals surface area (Å²) in [6.45, 7) is 8.00. The molecule has 0 unspecified atom stereocenters. The summed E-state index contributed by atoms with van der Waals surface area (Å²) in [7, 11) is 1.05. The Morgan fingerprint density at radius 2 is 1.42 bits per heavy atom. The molecule has 1 aliphatic heterocycles. The van der Waals surface area contributed by atoms with Crippen molar-refractivity contribution >= 4 is 35.8 Å². The summed E-state index contributed by atoms with van der Waals surface area (Å²) in [5.41, 5.74) is 0.00190. The van der Waals surface area contributed by atoms with Crippen LogP contribution in [-0.4, -0.2) is 25.4 Å². The number of rotatable bonds is 2. The van der Waals surface area contributed by atoms with E-state index in [1.165, 1.54) is 7.11 Å². The molecule has 1 heterocycles. The van der Waals surface area contributed by atoms with E-state index in [1.54, 1.807) is 12.1 Å². The van der Waals surface area contributed by atoms with Crippen molar-refractivity contribution in [3.63, 3.8) is 0 Å². The fraction of sp³-hybridized carbons (Fsp3) is 0.538. The van der Waals surface area contributed by atoms with Crippen molar-refractivity contribution in [3.8, 4) is 5.75 Å². The maximum absolute atomic E-state index is 6.13. The normalized spacial score (nSPS) is 20.7. The van der Waals surface area contributed by atoms with Gasteiger partial charge in [0.05, 0.1) is 28.4 Å². The molecular formula is C13H17BCl2O3. The number of benzene rings is 1. The lowest BCUT2D eigenvalue weighted by atomic mass is 9.79. The molecule has 2 rings (SSSR count). The maximum Gasteiger partial charge on any atom is 0.494 e. The van der Waals surface area contributed by atoms with Gasteiger partial charge in [-0.05, 0) is 45.3 Å². The molecule has 3 nitrogen and oxygen atoms in total. The van der Waals surface area contributed by atoms with Crippen LogP contribution in [0.25, 0.3) is 0 Å². The molecule has 0 aromatic heterocycles. The van der Waals surface area contributed by atoms with E-state index >= 15 is 0 Å². The first-order valence-corrected chi connectivity index (χ1v) is 6.82. The highest BCUT2D eigenvalue weighted by atomic mass is 35.5. The summed E-state index contributed by atoms with van der Waals surface area (Å²) in [4.78, 5) is 0. The smallest absolute Gasteiger partial charge is 0.494 e. The van der Waals surface area contributed by atoms with E-state index in [-0.39, 0.29) is 0 Å². The van der Waals surface area contributed by atoms with Crippen LogP contribution < -0.4 is 10.2 Å². The van der Waals surface area contributed by atoms with Gasteiger partial charge in [0.25, 0.3) is 0 Å². The molecule has 1 aromatic rings. The molecule has 0 amide bonds. The molecule has 1 aliphatic rings. The first-order valence-electron chi connectivity index (χ1n) is 6.06. The molecule has 6 heteroatoms. The van der Waals surface area contributed by atoms with Crippen molar-refractivity contribution in [2.45, 2.75) is 38.9 Å². The van der Waals surface area contributed by atoms with Crippen molar-refractivity contribution in [2.75, 3.05) is 7.11 Å². The summed E-state index contributed by atoms with van der Waals surface area (Å²) in [6.07, 6.45) is 0. The molecule has 0 spiro atoms. The lowest BCUT2D eigenvalue weighted by molar-refractivity contribution is 0.00578. The number of ether oxygens (including phenoxy) is 1. The third kappa shape index (κ3) is 2.59. The van der Waals surface area contributed by atoms with Gasteiger partial charge in [-0.1, -0.05) is 23.2 Å². The molecule has 1 aromatic carbocycles. The minimum Gasteiger partial charge on any atom is -0.494 e. The van der Waals surface area contributed by atoms with Gasteiger partial charge in [-0.3, -0.25) is 0 Å². The van der Waals surface area contributed by atoms with Crippen LogP contribution in [0.5, 0.6) is 5.75 Å². The molecule has 104 valence electrons. The van der Waals surface area contributed by atoms with Gasteiger partial charge in [0, 0.05) is 0 Å². The van der Waals surface area contributed by atoms with Crippen molar-refractivity contribution in [3.05, 3.63) is 22.2 Å². The van der Waals surface area contributed by atoms with Crippen molar-refractivity contribution in [1.82, 2.24) is 0 Å². The van der Waals surface area contributed by atoms with Crippen LogP contribution in [0.4, 0.5) is 0 Å². The van der Waals surface area contributed by atoms with E-state index in [0.717, 1.165) is 5.46 Å². The van der Waals surface area contributed by atoms with Gasteiger partial charge < -0.3 is 14.0 Å². The van der Waals surface area contributed by atoms with E-state index in [4.69, 9.17) is 37.2 Å². The van der Waals surface area contributed by atoms with Crippen molar-refractivity contribution in [2.24, 2.45) is 0 Å². The van der Waals surface area contributed by atoms with E-state index in [0.29, 0.717) is 15.8 Å². The SMILES string of the molecule is COc1c(Cl)cc(B2OC(C)(C)C(C)(C)O2)cc1Cl. The second kappa shape index (κ2) is 4.85. The Hall–Kier alpha value is -0.415. The molecule has 0 bridgehead atoms. The van der Waals surface area contributed by atoms with Crippen LogP contribution in [-0.2, 0) is 9.31 Å². The summed E-state index contributed by atoms with van der Waals surface area (Å²) in [5, 5.41) is 0.888. The van der Waals surface area contributed by atoms with Crippen LogP contribution in [0, 0.1) is 0 Å². The fourth-order valence-electron chi connectivity index (χ4n) is 1.89. The predicted molar refractivity (Wildman–Crippen MR) is 78.7 cm³/mol. The van der Waals surface area contributed by atoms with Gasteiger partial charge in [-0.25, -0.2) is 0 Å². The zero-order chi connectivity index (χ0) is 14.4. The molecule has 1 fully saturated rings. The lowest BCUT2D eigenvalue weighted by Gasteiger charge is -2.32. The zero-order valence-electron chi connectivity index (χ0n) is 11.7. The van der Waals surface area contributed by atoms with Crippen LogP contribution >= 0.6 is 23.2 Å². The van der Waals surface area contributed by atoms with Gasteiger partial charge in [0.1, 0.15) is 0 Å². The molecule has 19 heavy (non-hydrogen) atoms. The Morgan fingerprint density at radius 3 is 1.79 bits per heavy atom. The highest BCUT2D eigenvalue weighted by molar-refractivity contribution is 6.63. The molecule has 1 saturated heterocycles. The average molecular weight is 303 g/mol. The molecular weight excluding hydrogens is 286 g/mol. The second-order valence-corrected chi connectivity index (χ2v) is 6.42. The molecule has 0 atom stereocenters. The summed E-state index contributed by atoms with van der Waals surface area (Å²) in [6, 6.07) is 3.52. The maximum atomic E-state index is 6.13. The number of methoxy groups -OCH3 is 1. The number of halogens is 2. The molecule has 0 N–H and O–H groups in total. The van der Waals surface area contributed by atoms with Crippen LogP contribution in [0.3, 0.4) is 0 Å². The minimum absolute atomic E-state index is 0.392. The fourth-order valence-corrected chi connectivity index (χ4v) is 2.55. The summed E-state index contributed by atoms with van der Waals surface area (Å²) < 4.78 is 17.0. The largest absolute Gasteiger partial charge is 0.494 e. The number of hydrogen-bond acceptors (Lipinski definition) is 3. The molecule has 0 radical (unpaired) electrons. The van der Waals surface area contributed by atoms with Gasteiger partial charge >= 0.3 is 7.12 Å². The van der Waals surface area contributed by atoms with E-state index in [1.807, 2.05) is 27.7 Å². The van der Waals surface area contributed by atoms with Gasteiger partial charge in [0.15, 0.2) is 5.75 Å². The van der Waals surface area contributed by atoms with E-state index in [2.05, 4.69) is 0 Å². The van der Waals surface area contributed by atoms with E-state index < -0.39 is 18.3 Å². The third-order valence-corrected chi connectivity index (χ3v) is 4.31. The van der Waals surface area contributed by atoms with Crippen molar-refractivity contribution in [1.29, 1.82) is 0 Å². The minimum atomic E-state index is -0.481. The predicted octanol–water partition coefficient (Wildman–Crippen LogP) is 3.30. The van der Waals surface area contributed by atoms with Crippen LogP contribution in [0.2, 0.25) is 10.0 Å². The quantitative estimate of drug-likeness (QED) is 0.785. The molecule has 0 saturated carbocycles. The van der Waals surface area contributed by atoms with Crippen molar-refractivity contribution < 1.29 is 14.0 Å². The van der Waals surface area contributed by atoms with E-state index in [9.17, 15) is 0 Å². The third-order valence-electron chi connectivity index (χ3n) is 3.75. The van der Waals surface area contributed by atoms with Crippen LogP contribution in [0.15, 0.2) is 12.1 Å². The topological polar surface area (TPSA) is 27.7 Å². The number of hydrogen-bond donors (Lipinski definition) is 0. The highest BCUT2D eigenvalue weighted by Crippen LogP contribution is 2.38. The summed E-state index contributed by atoms with van der Waals surface area (Å²) >= 11 is 12.3.